The third-order valence-electron chi connectivity index (χ3n) is 1.39. The molecule has 58 valence electrons. The Morgan fingerprint density at radius 1 is 1.27 bits per heavy atom. The highest BCUT2D eigenvalue weighted by Crippen LogP contribution is 1.99. The summed E-state index contributed by atoms with van der Waals surface area (Å²) in [6, 6.07) is 10.5. The van der Waals surface area contributed by atoms with E-state index < -0.39 is 0 Å². The van der Waals surface area contributed by atoms with Crippen LogP contribution >= 0.6 is 22.6 Å². The summed E-state index contributed by atoms with van der Waals surface area (Å²) >= 11 is 2.44. The average Bonchev–Trinajstić information content (AvgIpc) is 2.07. The van der Waals surface area contributed by atoms with E-state index in [-0.39, 0.29) is 9.52 Å². The van der Waals surface area contributed by atoms with Gasteiger partial charge in [0.25, 0.3) is 0 Å². The fourth-order valence-corrected chi connectivity index (χ4v) is 2.49. The minimum absolute atomic E-state index is 0.0840. The molecule has 0 heterocycles. The zero-order valence-corrected chi connectivity index (χ0v) is 9.91. The molecule has 1 aromatic carbocycles. The number of halogens is 1. The molecule has 0 aliphatic rings. The van der Waals surface area contributed by atoms with Crippen LogP contribution in [0, 0.1) is 0 Å². The number of hydrogen-bond donors (Lipinski definition) is 0. The third-order valence-corrected chi connectivity index (χ3v) is 4.04. The van der Waals surface area contributed by atoms with Crippen molar-refractivity contribution >= 4 is 38.2 Å². The van der Waals surface area contributed by atoms with Crippen molar-refractivity contribution in [2.45, 2.75) is 0 Å². The Morgan fingerprint density at radius 3 is 2.64 bits per heavy atom. The van der Waals surface area contributed by atoms with E-state index in [1.165, 1.54) is 9.61 Å². The van der Waals surface area contributed by atoms with Crippen LogP contribution in [0.2, 0.25) is 0 Å². The Bertz CT molecular complexity index is 218. The van der Waals surface area contributed by atoms with Gasteiger partial charge in [0.05, 0.1) is 9.52 Å². The summed E-state index contributed by atoms with van der Waals surface area (Å²) in [5.74, 6) is 0. The maximum Gasteiger partial charge on any atom is 0.0560 e. The summed E-state index contributed by atoms with van der Waals surface area (Å²) in [7, 11) is 0.0840. The van der Waals surface area contributed by atoms with E-state index in [0.29, 0.717) is 0 Å². The van der Waals surface area contributed by atoms with Gasteiger partial charge in [0.2, 0.25) is 0 Å². The van der Waals surface area contributed by atoms with Gasteiger partial charge in [-0.25, -0.2) is 0 Å². The smallest absolute Gasteiger partial charge is 0.0560 e. The molecule has 0 saturated carbocycles. The molecule has 0 aliphatic carbocycles. The lowest BCUT2D eigenvalue weighted by Crippen LogP contribution is -1.83. The minimum Gasteiger partial charge on any atom is -0.100 e. The summed E-state index contributed by atoms with van der Waals surface area (Å²) < 4.78 is 1.33. The molecule has 0 aliphatic heterocycles. The molecule has 0 radical (unpaired) electrons. The molecular weight excluding hydrogens is 263 g/mol. The highest BCUT2D eigenvalue weighted by Gasteiger charge is 1.81. The van der Waals surface area contributed by atoms with Gasteiger partial charge < -0.3 is 0 Å². The van der Waals surface area contributed by atoms with Crippen molar-refractivity contribution in [2.75, 3.05) is 4.05 Å². The van der Waals surface area contributed by atoms with Crippen LogP contribution in [0.5, 0.6) is 0 Å². The molecule has 0 nitrogen and oxygen atoms in total. The van der Waals surface area contributed by atoms with Crippen LogP contribution in [-0.2, 0) is 0 Å². The predicted octanol–water partition coefficient (Wildman–Crippen LogP) is 2.22. The molecule has 11 heavy (non-hydrogen) atoms. The van der Waals surface area contributed by atoms with Crippen LogP contribution in [0.25, 0.3) is 6.08 Å². The molecule has 0 saturated heterocycles. The Kier molecular flexibility index (Phi) is 4.53. The summed E-state index contributed by atoms with van der Waals surface area (Å²) in [5.41, 5.74) is 3.67. The van der Waals surface area contributed by atoms with Gasteiger partial charge in [0.1, 0.15) is 0 Å². The first-order valence-corrected chi connectivity index (χ1v) is 7.05. The second-order valence-electron chi connectivity index (χ2n) is 2.29. The van der Waals surface area contributed by atoms with E-state index in [0.717, 1.165) is 0 Å². The van der Waals surface area contributed by atoms with E-state index in [2.05, 4.69) is 58.6 Å². The Balaban J connectivity index is 2.50. The zero-order valence-electron chi connectivity index (χ0n) is 6.33. The first-order chi connectivity index (χ1) is 5.43. The van der Waals surface area contributed by atoms with Crippen LogP contribution in [0.15, 0.2) is 36.0 Å². The molecule has 0 aromatic heterocycles. The van der Waals surface area contributed by atoms with E-state index in [1.54, 1.807) is 0 Å². The van der Waals surface area contributed by atoms with Crippen molar-refractivity contribution in [3.8, 4) is 0 Å². The first-order valence-electron chi connectivity index (χ1n) is 3.71. The van der Waals surface area contributed by atoms with Crippen molar-refractivity contribution in [3.05, 3.63) is 41.6 Å². The molecule has 0 fully saturated rings. The van der Waals surface area contributed by atoms with Gasteiger partial charge in [-0.05, 0) is 9.61 Å². The van der Waals surface area contributed by atoms with Crippen LogP contribution in [0.3, 0.4) is 0 Å². The third kappa shape index (κ3) is 3.72. The van der Waals surface area contributed by atoms with Crippen LogP contribution in [0.1, 0.15) is 5.56 Å². The molecule has 0 spiro atoms. The maximum atomic E-state index is 2.44. The molecule has 0 unspecified atom stereocenters. The predicted molar refractivity (Wildman–Crippen MR) is 62.9 cm³/mol. The molecule has 1 aromatic rings. The fourth-order valence-electron chi connectivity index (χ4n) is 0.847. The SMILES string of the molecule is IC[SiH2]C=Cc1ccccc1. The number of alkyl halides is 1. The summed E-state index contributed by atoms with van der Waals surface area (Å²) in [6.45, 7) is 0. The molecule has 0 atom stereocenters. The van der Waals surface area contributed by atoms with Gasteiger partial charge in [0.15, 0.2) is 0 Å². The highest BCUT2D eigenvalue weighted by atomic mass is 127. The van der Waals surface area contributed by atoms with Gasteiger partial charge in [-0.15, -0.1) is 5.70 Å². The molecule has 1 rings (SSSR count). The van der Waals surface area contributed by atoms with E-state index in [9.17, 15) is 0 Å². The first kappa shape index (κ1) is 9.00. The lowest BCUT2D eigenvalue weighted by molar-refractivity contribution is 1.66. The average molecular weight is 274 g/mol. The van der Waals surface area contributed by atoms with Gasteiger partial charge in [-0.2, -0.15) is 0 Å². The largest absolute Gasteiger partial charge is 0.100 e. The molecular formula is C9H11ISi. The second kappa shape index (κ2) is 5.54. The normalized spacial score (nSPS) is 11.7. The maximum absolute atomic E-state index is 2.44. The van der Waals surface area contributed by atoms with Crippen molar-refractivity contribution in [1.29, 1.82) is 0 Å². The minimum atomic E-state index is 0.0840. The van der Waals surface area contributed by atoms with Crippen molar-refractivity contribution in [3.63, 3.8) is 0 Å². The van der Waals surface area contributed by atoms with Crippen LogP contribution < -0.4 is 0 Å². The van der Waals surface area contributed by atoms with E-state index >= 15 is 0 Å². The molecule has 0 amide bonds. The Labute approximate surface area is 83.7 Å². The van der Waals surface area contributed by atoms with Crippen LogP contribution in [0.4, 0.5) is 0 Å². The highest BCUT2D eigenvalue weighted by molar-refractivity contribution is 14.1. The number of hydrogen-bond acceptors (Lipinski definition) is 0. The number of benzene rings is 1. The Morgan fingerprint density at radius 2 is 2.00 bits per heavy atom. The van der Waals surface area contributed by atoms with Crippen LogP contribution in [-0.4, -0.2) is 13.6 Å². The summed E-state index contributed by atoms with van der Waals surface area (Å²) in [5, 5.41) is 0. The topological polar surface area (TPSA) is 0 Å². The zero-order chi connectivity index (χ0) is 7.94. The van der Waals surface area contributed by atoms with Crippen molar-refractivity contribution in [1.82, 2.24) is 0 Å². The molecule has 2 heteroatoms. The Hall–Kier alpha value is -0.0931. The monoisotopic (exact) mass is 274 g/mol. The van der Waals surface area contributed by atoms with E-state index in [1.807, 2.05) is 6.07 Å². The van der Waals surface area contributed by atoms with Gasteiger partial charge in [0, 0.05) is 0 Å². The van der Waals surface area contributed by atoms with Gasteiger partial charge in [-0.3, -0.25) is 0 Å². The standard InChI is InChI=1S/C9H11ISi/c10-8-11-7-6-9-4-2-1-3-5-9/h1-7H,8,11H2. The van der Waals surface area contributed by atoms with Gasteiger partial charge in [-0.1, -0.05) is 59.0 Å². The quantitative estimate of drug-likeness (QED) is 0.450. The van der Waals surface area contributed by atoms with Gasteiger partial charge >= 0.3 is 0 Å². The summed E-state index contributed by atoms with van der Waals surface area (Å²) in [4.78, 5) is 0. The lowest BCUT2D eigenvalue weighted by atomic mass is 10.2. The summed E-state index contributed by atoms with van der Waals surface area (Å²) in [6.07, 6.45) is 2.23. The molecule has 0 N–H and O–H groups in total. The fraction of sp³-hybridized carbons (Fsp3) is 0.111. The lowest BCUT2D eigenvalue weighted by Gasteiger charge is -1.89. The van der Waals surface area contributed by atoms with E-state index in [4.69, 9.17) is 0 Å². The number of rotatable bonds is 3. The molecule has 0 bridgehead atoms. The second-order valence-corrected chi connectivity index (χ2v) is 6.95. The van der Waals surface area contributed by atoms with Crippen molar-refractivity contribution < 1.29 is 0 Å². The van der Waals surface area contributed by atoms with Crippen molar-refractivity contribution in [2.24, 2.45) is 0 Å².